The lowest BCUT2D eigenvalue weighted by Crippen LogP contribution is -2.16. The van der Waals surface area contributed by atoms with Gasteiger partial charge in [-0.25, -0.2) is 9.59 Å². The molecule has 1 heterocycles. The fourth-order valence-corrected chi connectivity index (χ4v) is 3.37. The lowest BCUT2D eigenvalue weighted by molar-refractivity contribution is -0.384. The smallest absolute Gasteiger partial charge is 0.340 e. The maximum absolute atomic E-state index is 13.0. The van der Waals surface area contributed by atoms with Gasteiger partial charge >= 0.3 is 11.9 Å². The Labute approximate surface area is 184 Å². The van der Waals surface area contributed by atoms with Gasteiger partial charge in [0, 0.05) is 17.7 Å². The van der Waals surface area contributed by atoms with Crippen LogP contribution in [-0.2, 0) is 4.74 Å². The fourth-order valence-electron chi connectivity index (χ4n) is 3.37. The van der Waals surface area contributed by atoms with Crippen LogP contribution in [0.15, 0.2) is 60.7 Å². The molecule has 0 fully saturated rings. The topological polar surface area (TPSA) is 120 Å². The average Bonchev–Trinajstić information content (AvgIpc) is 2.76. The van der Waals surface area contributed by atoms with Gasteiger partial charge in [-0.2, -0.15) is 0 Å². The Morgan fingerprint density at radius 2 is 1.75 bits per heavy atom. The molecule has 0 radical (unpaired) electrons. The van der Waals surface area contributed by atoms with Gasteiger partial charge < -0.3 is 9.84 Å². The number of aromatic carboxylic acids is 1. The molecule has 162 valence electrons. The van der Waals surface area contributed by atoms with E-state index < -0.39 is 16.9 Å². The largest absolute Gasteiger partial charge is 0.478 e. The van der Waals surface area contributed by atoms with E-state index in [1.165, 1.54) is 31.2 Å². The van der Waals surface area contributed by atoms with Crippen molar-refractivity contribution < 1.29 is 24.4 Å². The number of hydrogen-bond acceptors (Lipinski definition) is 6. The third kappa shape index (κ3) is 4.86. The highest BCUT2D eigenvalue weighted by Gasteiger charge is 2.27. The molecule has 0 bridgehead atoms. The number of nitrogens with zero attached hydrogens (tertiary/aromatic N) is 2. The van der Waals surface area contributed by atoms with Gasteiger partial charge in [0.25, 0.3) is 5.69 Å². The first kappa shape index (κ1) is 22.4. The number of carboxylic acids is 1. The molecule has 3 aromatic rings. The molecule has 0 amide bonds. The van der Waals surface area contributed by atoms with Crippen molar-refractivity contribution in [3.63, 3.8) is 0 Å². The minimum absolute atomic E-state index is 0.0402. The van der Waals surface area contributed by atoms with E-state index in [0.29, 0.717) is 0 Å². The summed E-state index contributed by atoms with van der Waals surface area (Å²) in [6.45, 7) is 3.03. The number of rotatable bonds is 7. The molecule has 0 unspecified atom stereocenters. The lowest BCUT2D eigenvalue weighted by Gasteiger charge is -2.16. The van der Waals surface area contributed by atoms with Crippen molar-refractivity contribution in [1.82, 2.24) is 4.98 Å². The third-order valence-corrected chi connectivity index (χ3v) is 4.74. The standard InChI is InChI=1S/C24H20N2O6/c1-15-20(23(27)28)22(18-11-6-12-19(14-18)26(30)31)21(16(2)25-15)24(29)32-13-7-10-17-8-4-3-5-9-17/h3-12,14H,13H2,1-2H3,(H,27,28)/b10-7+. The summed E-state index contributed by atoms with van der Waals surface area (Å²) < 4.78 is 5.35. The minimum Gasteiger partial charge on any atom is -0.478 e. The molecule has 0 aliphatic carbocycles. The van der Waals surface area contributed by atoms with Gasteiger partial charge in [-0.05, 0) is 31.1 Å². The predicted molar refractivity (Wildman–Crippen MR) is 119 cm³/mol. The van der Waals surface area contributed by atoms with E-state index in [-0.39, 0.29) is 45.9 Å². The summed E-state index contributed by atoms with van der Waals surface area (Å²) in [5.74, 6) is -2.06. The van der Waals surface area contributed by atoms with E-state index in [2.05, 4.69) is 4.98 Å². The fraction of sp³-hybridized carbons (Fsp3) is 0.125. The lowest BCUT2D eigenvalue weighted by atomic mass is 9.92. The first-order chi connectivity index (χ1) is 15.3. The zero-order valence-corrected chi connectivity index (χ0v) is 17.4. The Balaban J connectivity index is 2.03. The van der Waals surface area contributed by atoms with Crippen LogP contribution >= 0.6 is 0 Å². The average molecular weight is 432 g/mol. The highest BCUT2D eigenvalue weighted by molar-refractivity contribution is 6.06. The summed E-state index contributed by atoms with van der Waals surface area (Å²) in [7, 11) is 0. The Morgan fingerprint density at radius 1 is 1.06 bits per heavy atom. The summed E-state index contributed by atoms with van der Waals surface area (Å²) in [6.07, 6.45) is 3.45. The monoisotopic (exact) mass is 432 g/mol. The van der Waals surface area contributed by atoms with Crippen LogP contribution in [0.3, 0.4) is 0 Å². The molecule has 0 saturated heterocycles. The minimum atomic E-state index is -1.30. The van der Waals surface area contributed by atoms with E-state index in [9.17, 15) is 24.8 Å². The van der Waals surface area contributed by atoms with Crippen LogP contribution in [0.1, 0.15) is 37.7 Å². The number of ether oxygens (including phenoxy) is 1. The van der Waals surface area contributed by atoms with Crippen molar-refractivity contribution in [3.8, 4) is 11.1 Å². The summed E-state index contributed by atoms with van der Waals surface area (Å²) in [4.78, 5) is 39.8. The number of aromatic nitrogens is 1. The Kier molecular flexibility index (Phi) is 6.74. The molecule has 32 heavy (non-hydrogen) atoms. The second kappa shape index (κ2) is 9.65. The van der Waals surface area contributed by atoms with Crippen LogP contribution in [0.5, 0.6) is 0 Å². The van der Waals surface area contributed by atoms with Gasteiger partial charge in [0.05, 0.1) is 27.4 Å². The van der Waals surface area contributed by atoms with Gasteiger partial charge in [-0.1, -0.05) is 48.5 Å². The van der Waals surface area contributed by atoms with Gasteiger partial charge in [0.15, 0.2) is 0 Å². The second-order valence-corrected chi connectivity index (χ2v) is 6.93. The first-order valence-electron chi connectivity index (χ1n) is 9.67. The SMILES string of the molecule is Cc1nc(C)c(C(=O)OC/C=C/c2ccccc2)c(-c2cccc([N+](=O)[O-])c2)c1C(=O)O. The molecule has 0 aliphatic rings. The molecule has 0 aliphatic heterocycles. The molecule has 2 aromatic carbocycles. The van der Waals surface area contributed by atoms with Crippen LogP contribution in [0.4, 0.5) is 5.69 Å². The van der Waals surface area contributed by atoms with Gasteiger partial charge in [0.2, 0.25) is 0 Å². The van der Waals surface area contributed by atoms with E-state index in [0.717, 1.165) is 5.56 Å². The molecular formula is C24H20N2O6. The molecule has 0 spiro atoms. The van der Waals surface area contributed by atoms with Crippen LogP contribution in [-0.4, -0.2) is 33.6 Å². The number of benzene rings is 2. The molecule has 1 aromatic heterocycles. The molecule has 0 atom stereocenters. The van der Waals surface area contributed by atoms with Crippen molar-refractivity contribution in [2.75, 3.05) is 6.61 Å². The van der Waals surface area contributed by atoms with Crippen LogP contribution in [0.2, 0.25) is 0 Å². The van der Waals surface area contributed by atoms with Crippen molar-refractivity contribution in [2.45, 2.75) is 13.8 Å². The summed E-state index contributed by atoms with van der Waals surface area (Å²) >= 11 is 0. The third-order valence-electron chi connectivity index (χ3n) is 4.74. The van der Waals surface area contributed by atoms with Crippen LogP contribution < -0.4 is 0 Å². The van der Waals surface area contributed by atoms with Gasteiger partial charge in [-0.3, -0.25) is 15.1 Å². The van der Waals surface area contributed by atoms with Crippen molar-refractivity contribution in [3.05, 3.63) is 98.9 Å². The number of carbonyl (C=O) groups excluding carboxylic acids is 1. The molecule has 8 nitrogen and oxygen atoms in total. The quantitative estimate of drug-likeness (QED) is 0.322. The summed E-state index contributed by atoms with van der Waals surface area (Å²) in [5, 5.41) is 21.0. The van der Waals surface area contributed by atoms with Crippen LogP contribution in [0.25, 0.3) is 17.2 Å². The second-order valence-electron chi connectivity index (χ2n) is 6.93. The molecule has 1 N–H and O–H groups in total. The van der Waals surface area contributed by atoms with Crippen molar-refractivity contribution in [2.24, 2.45) is 0 Å². The first-order valence-corrected chi connectivity index (χ1v) is 9.67. The maximum atomic E-state index is 13.0. The molecule has 3 rings (SSSR count). The number of hydrogen-bond donors (Lipinski definition) is 1. The number of non-ortho nitro benzene ring substituents is 1. The number of nitro groups is 1. The highest BCUT2D eigenvalue weighted by Crippen LogP contribution is 2.33. The van der Waals surface area contributed by atoms with Crippen LogP contribution in [0, 0.1) is 24.0 Å². The normalized spacial score (nSPS) is 10.8. The Morgan fingerprint density at radius 3 is 2.41 bits per heavy atom. The van der Waals surface area contributed by atoms with Gasteiger partial charge in [-0.15, -0.1) is 0 Å². The molecule has 8 heteroatoms. The van der Waals surface area contributed by atoms with E-state index in [1.807, 2.05) is 30.3 Å². The number of pyridine rings is 1. The number of carbonyl (C=O) groups is 2. The number of esters is 1. The maximum Gasteiger partial charge on any atom is 0.340 e. The predicted octanol–water partition coefficient (Wildman–Crippen LogP) is 4.84. The number of nitro benzene ring substituents is 1. The Bertz CT molecular complexity index is 1220. The zero-order valence-electron chi connectivity index (χ0n) is 17.4. The number of carboxylic acid groups (broad SMARTS) is 1. The highest BCUT2D eigenvalue weighted by atomic mass is 16.6. The Hall–Kier alpha value is -4.33. The number of aryl methyl sites for hydroxylation is 2. The summed E-state index contributed by atoms with van der Waals surface area (Å²) in [6, 6.07) is 14.9. The van der Waals surface area contributed by atoms with Gasteiger partial charge in [0.1, 0.15) is 6.61 Å². The van der Waals surface area contributed by atoms with Crippen molar-refractivity contribution >= 4 is 23.7 Å². The van der Waals surface area contributed by atoms with E-state index in [4.69, 9.17) is 4.74 Å². The molecule has 0 saturated carbocycles. The zero-order chi connectivity index (χ0) is 23.3. The van der Waals surface area contributed by atoms with E-state index in [1.54, 1.807) is 19.1 Å². The summed E-state index contributed by atoms with van der Waals surface area (Å²) in [5.41, 5.74) is 1.19. The molecular weight excluding hydrogens is 412 g/mol. The van der Waals surface area contributed by atoms with Crippen molar-refractivity contribution in [1.29, 1.82) is 0 Å². The van der Waals surface area contributed by atoms with E-state index >= 15 is 0 Å².